The number of imidazole rings is 1. The van der Waals surface area contributed by atoms with Gasteiger partial charge in [-0.15, -0.1) is 0 Å². The third kappa shape index (κ3) is 4.40. The van der Waals surface area contributed by atoms with Gasteiger partial charge in [0.15, 0.2) is 22.7 Å². The second-order valence-corrected chi connectivity index (χ2v) is 7.99. The molecule has 4 rings (SSSR count). The third-order valence-corrected chi connectivity index (χ3v) is 5.52. The molecular formula is C23H23ClN6O4. The fourth-order valence-electron chi connectivity index (χ4n) is 3.50. The largest absolute Gasteiger partial charge is 0.504 e. The van der Waals surface area contributed by atoms with Crippen LogP contribution in [-0.4, -0.2) is 36.6 Å². The first-order valence-electron chi connectivity index (χ1n) is 10.5. The Balaban J connectivity index is 1.76. The zero-order chi connectivity index (χ0) is 24.4. The maximum Gasteiger partial charge on any atom is 0.332 e. The lowest BCUT2D eigenvalue weighted by Gasteiger charge is -2.09. The van der Waals surface area contributed by atoms with Crippen LogP contribution < -0.4 is 21.4 Å². The molecule has 0 saturated heterocycles. The summed E-state index contributed by atoms with van der Waals surface area (Å²) in [6.07, 6.45) is 1.53. The zero-order valence-electron chi connectivity index (χ0n) is 18.8. The highest BCUT2D eigenvalue weighted by Gasteiger charge is 2.19. The summed E-state index contributed by atoms with van der Waals surface area (Å²) in [5, 5.41) is 14.7. The molecule has 10 nitrogen and oxygen atoms in total. The molecule has 0 atom stereocenters. The summed E-state index contributed by atoms with van der Waals surface area (Å²) in [4.78, 5) is 29.9. The number of ether oxygens (including phenoxy) is 1. The lowest BCUT2D eigenvalue weighted by atomic mass is 10.2. The number of hydrogen-bond donors (Lipinski definition) is 2. The molecule has 0 spiro atoms. The number of hydrogen-bond acceptors (Lipinski definition) is 7. The van der Waals surface area contributed by atoms with Crippen LogP contribution in [0.1, 0.15) is 18.1 Å². The number of nitrogens with one attached hydrogen (secondary N) is 1. The Morgan fingerprint density at radius 1 is 1.15 bits per heavy atom. The van der Waals surface area contributed by atoms with Crippen LogP contribution in [0, 0.1) is 0 Å². The zero-order valence-corrected chi connectivity index (χ0v) is 19.6. The summed E-state index contributed by atoms with van der Waals surface area (Å²) in [5.41, 5.74) is 4.00. The van der Waals surface area contributed by atoms with Gasteiger partial charge in [-0.2, -0.15) is 10.1 Å². The lowest BCUT2D eigenvalue weighted by molar-refractivity contribution is 0.318. The molecule has 34 heavy (non-hydrogen) atoms. The molecular weight excluding hydrogens is 460 g/mol. The molecule has 0 aliphatic heterocycles. The van der Waals surface area contributed by atoms with Crippen molar-refractivity contribution in [2.24, 2.45) is 19.2 Å². The SMILES string of the molecule is CCOc1cc(/C=N\Nc2nc3c(c(=O)n(C)c(=O)n3C)n2Cc2ccc(Cl)cc2)ccc1O. The second-order valence-electron chi connectivity index (χ2n) is 7.56. The Bertz CT molecular complexity index is 1500. The molecule has 4 aromatic rings. The number of aromatic nitrogens is 4. The Morgan fingerprint density at radius 2 is 1.88 bits per heavy atom. The van der Waals surface area contributed by atoms with Crippen LogP contribution in [0.15, 0.2) is 57.2 Å². The molecule has 0 aliphatic rings. The number of anilines is 1. The van der Waals surface area contributed by atoms with Crippen molar-refractivity contribution in [3.8, 4) is 11.5 Å². The molecule has 0 radical (unpaired) electrons. The predicted octanol–water partition coefficient (Wildman–Crippen LogP) is 2.69. The van der Waals surface area contributed by atoms with E-state index in [9.17, 15) is 14.7 Å². The number of halogens is 1. The maximum absolute atomic E-state index is 13.0. The second kappa shape index (κ2) is 9.44. The van der Waals surface area contributed by atoms with Crippen molar-refractivity contribution in [1.82, 2.24) is 18.7 Å². The molecule has 11 heteroatoms. The Labute approximate surface area is 199 Å². The fraction of sp³-hybridized carbons (Fsp3) is 0.217. The number of nitrogens with zero attached hydrogens (tertiary/aromatic N) is 5. The number of hydrazone groups is 1. The van der Waals surface area contributed by atoms with Crippen molar-refractivity contribution in [3.05, 3.63) is 79.5 Å². The minimum atomic E-state index is -0.476. The van der Waals surface area contributed by atoms with Gasteiger partial charge in [-0.05, 0) is 48.4 Å². The van der Waals surface area contributed by atoms with Gasteiger partial charge < -0.3 is 9.84 Å². The van der Waals surface area contributed by atoms with Crippen LogP contribution in [-0.2, 0) is 20.6 Å². The molecule has 0 unspecified atom stereocenters. The minimum Gasteiger partial charge on any atom is -0.504 e. The van der Waals surface area contributed by atoms with Gasteiger partial charge in [-0.1, -0.05) is 23.7 Å². The molecule has 0 amide bonds. The summed E-state index contributed by atoms with van der Waals surface area (Å²) >= 11 is 6.00. The van der Waals surface area contributed by atoms with E-state index in [4.69, 9.17) is 16.3 Å². The first-order valence-corrected chi connectivity index (χ1v) is 10.8. The molecule has 0 saturated carbocycles. The van der Waals surface area contributed by atoms with Gasteiger partial charge in [-0.3, -0.25) is 18.5 Å². The van der Waals surface area contributed by atoms with Crippen molar-refractivity contribution < 1.29 is 9.84 Å². The van der Waals surface area contributed by atoms with Crippen LogP contribution in [0.3, 0.4) is 0 Å². The number of phenols is 1. The number of benzene rings is 2. The van der Waals surface area contributed by atoms with Crippen LogP contribution >= 0.6 is 11.6 Å². The van der Waals surface area contributed by atoms with Crippen molar-refractivity contribution in [2.75, 3.05) is 12.0 Å². The van der Waals surface area contributed by atoms with Crippen molar-refractivity contribution >= 4 is 34.9 Å². The molecule has 2 aromatic carbocycles. The monoisotopic (exact) mass is 482 g/mol. The van der Waals surface area contributed by atoms with Gasteiger partial charge in [0.05, 0.1) is 19.4 Å². The van der Waals surface area contributed by atoms with E-state index >= 15 is 0 Å². The highest BCUT2D eigenvalue weighted by atomic mass is 35.5. The van der Waals surface area contributed by atoms with E-state index in [1.165, 1.54) is 23.9 Å². The topological polar surface area (TPSA) is 116 Å². The summed E-state index contributed by atoms with van der Waals surface area (Å²) in [5.74, 6) is 0.664. The molecule has 2 heterocycles. The van der Waals surface area contributed by atoms with Gasteiger partial charge in [0.2, 0.25) is 5.95 Å². The van der Waals surface area contributed by atoms with Gasteiger partial charge in [0, 0.05) is 19.1 Å². The van der Waals surface area contributed by atoms with E-state index in [-0.39, 0.29) is 22.9 Å². The van der Waals surface area contributed by atoms with E-state index in [0.29, 0.717) is 29.5 Å². The molecule has 0 fully saturated rings. The van der Waals surface area contributed by atoms with Crippen molar-refractivity contribution in [2.45, 2.75) is 13.5 Å². The molecule has 2 N–H and O–H groups in total. The summed E-state index contributed by atoms with van der Waals surface area (Å²) < 4.78 is 9.42. The normalized spacial score (nSPS) is 11.4. The van der Waals surface area contributed by atoms with Crippen LogP contribution in [0.25, 0.3) is 11.2 Å². The van der Waals surface area contributed by atoms with Gasteiger partial charge in [0.1, 0.15) is 0 Å². The third-order valence-electron chi connectivity index (χ3n) is 5.26. The highest BCUT2D eigenvalue weighted by molar-refractivity contribution is 6.30. The van der Waals surface area contributed by atoms with Gasteiger partial charge in [-0.25, -0.2) is 10.2 Å². The quantitative estimate of drug-likeness (QED) is 0.309. The highest BCUT2D eigenvalue weighted by Crippen LogP contribution is 2.26. The molecule has 0 bridgehead atoms. The standard InChI is InChI=1S/C23H23ClN6O4/c1-4-34-18-11-15(7-10-17(18)31)12-25-27-22-26-20-19(21(32)29(3)23(33)28(20)2)30(22)13-14-5-8-16(24)9-6-14/h5-12,31H,4,13H2,1-3H3,(H,26,27)/b25-12-. The van der Waals surface area contributed by atoms with Gasteiger partial charge in [0.25, 0.3) is 5.56 Å². The maximum atomic E-state index is 13.0. The van der Waals surface area contributed by atoms with Crippen LogP contribution in [0.5, 0.6) is 11.5 Å². The van der Waals surface area contributed by atoms with Crippen molar-refractivity contribution in [1.29, 1.82) is 0 Å². The molecule has 0 aliphatic carbocycles. The predicted molar refractivity (Wildman–Crippen MR) is 131 cm³/mol. The van der Waals surface area contributed by atoms with Crippen molar-refractivity contribution in [3.63, 3.8) is 0 Å². The van der Waals surface area contributed by atoms with E-state index in [2.05, 4.69) is 15.5 Å². The Hall–Kier alpha value is -4.05. The number of aromatic hydroxyl groups is 1. The van der Waals surface area contributed by atoms with E-state index in [1.807, 2.05) is 19.1 Å². The van der Waals surface area contributed by atoms with E-state index in [0.717, 1.165) is 10.1 Å². The first kappa shape index (κ1) is 23.1. The van der Waals surface area contributed by atoms with Crippen LogP contribution in [0.4, 0.5) is 5.95 Å². The average molecular weight is 483 g/mol. The average Bonchev–Trinajstić information content (AvgIpc) is 3.18. The van der Waals surface area contributed by atoms with Crippen LogP contribution in [0.2, 0.25) is 5.02 Å². The Morgan fingerprint density at radius 3 is 2.59 bits per heavy atom. The number of aryl methyl sites for hydroxylation is 1. The lowest BCUT2D eigenvalue weighted by Crippen LogP contribution is -2.37. The molecule has 2 aromatic heterocycles. The summed E-state index contributed by atoms with van der Waals surface area (Å²) in [6.45, 7) is 2.53. The van der Waals surface area contributed by atoms with Gasteiger partial charge >= 0.3 is 5.69 Å². The Kier molecular flexibility index (Phi) is 6.42. The first-order chi connectivity index (χ1) is 16.3. The smallest absolute Gasteiger partial charge is 0.332 e. The number of fused-ring (bicyclic) bond motifs is 1. The molecule has 176 valence electrons. The summed E-state index contributed by atoms with van der Waals surface area (Å²) in [6, 6.07) is 12.1. The summed E-state index contributed by atoms with van der Waals surface area (Å²) in [7, 11) is 2.98. The minimum absolute atomic E-state index is 0.0356. The van der Waals surface area contributed by atoms with E-state index < -0.39 is 11.2 Å². The number of phenolic OH excluding ortho intramolecular Hbond substituents is 1. The number of rotatable bonds is 7. The fourth-order valence-corrected chi connectivity index (χ4v) is 3.63. The van der Waals surface area contributed by atoms with E-state index in [1.54, 1.807) is 35.9 Å².